The van der Waals surface area contributed by atoms with Gasteiger partial charge in [0.2, 0.25) is 5.91 Å². The van der Waals surface area contributed by atoms with Crippen LogP contribution in [0.4, 0.5) is 5.69 Å². The number of hydrogen-bond donors (Lipinski definition) is 3. The standard InChI is InChI=1S/C16H23N3O2/c17-14-8-6-13(7-9-14)16(21)19-11-15(20)18-10-12-4-2-1-3-5-12/h6-9,12H,1-5,10-11,17H2,(H,18,20)(H,19,21). The quantitative estimate of drug-likeness (QED) is 0.721. The van der Waals surface area contributed by atoms with Gasteiger partial charge in [0.15, 0.2) is 0 Å². The van der Waals surface area contributed by atoms with Gasteiger partial charge in [-0.3, -0.25) is 9.59 Å². The number of nitrogens with one attached hydrogen (secondary N) is 2. The lowest BCUT2D eigenvalue weighted by Crippen LogP contribution is -2.39. The van der Waals surface area contributed by atoms with Crippen molar-refractivity contribution in [3.63, 3.8) is 0 Å². The van der Waals surface area contributed by atoms with Gasteiger partial charge in [-0.1, -0.05) is 19.3 Å². The molecule has 0 spiro atoms. The summed E-state index contributed by atoms with van der Waals surface area (Å²) in [6.45, 7) is 0.729. The van der Waals surface area contributed by atoms with Gasteiger partial charge < -0.3 is 16.4 Å². The van der Waals surface area contributed by atoms with E-state index in [1.807, 2.05) is 0 Å². The molecule has 1 aromatic rings. The maximum Gasteiger partial charge on any atom is 0.251 e. The predicted octanol–water partition coefficient (Wildman–Crippen LogP) is 1.70. The Morgan fingerprint density at radius 3 is 2.38 bits per heavy atom. The molecule has 5 heteroatoms. The van der Waals surface area contributed by atoms with E-state index >= 15 is 0 Å². The van der Waals surface area contributed by atoms with Crippen molar-refractivity contribution in [3.8, 4) is 0 Å². The predicted molar refractivity (Wildman–Crippen MR) is 82.8 cm³/mol. The topological polar surface area (TPSA) is 84.2 Å². The fourth-order valence-corrected chi connectivity index (χ4v) is 2.61. The maximum absolute atomic E-state index is 11.8. The van der Waals surface area contributed by atoms with Crippen LogP contribution in [-0.4, -0.2) is 24.9 Å². The van der Waals surface area contributed by atoms with Crippen LogP contribution in [0.2, 0.25) is 0 Å². The van der Waals surface area contributed by atoms with Gasteiger partial charge in [0.1, 0.15) is 0 Å². The van der Waals surface area contributed by atoms with Gasteiger partial charge >= 0.3 is 0 Å². The summed E-state index contributed by atoms with van der Waals surface area (Å²) in [5.74, 6) is 0.197. The van der Waals surface area contributed by atoms with E-state index in [9.17, 15) is 9.59 Å². The number of amides is 2. The summed E-state index contributed by atoms with van der Waals surface area (Å²) in [5.41, 5.74) is 6.68. The summed E-state index contributed by atoms with van der Waals surface area (Å²) in [6.07, 6.45) is 6.21. The maximum atomic E-state index is 11.8. The van der Waals surface area contributed by atoms with Crippen LogP contribution in [-0.2, 0) is 4.79 Å². The first kappa shape index (κ1) is 15.4. The Hall–Kier alpha value is -2.04. The number of carbonyl (C=O) groups is 2. The number of rotatable bonds is 5. The monoisotopic (exact) mass is 289 g/mol. The third-order valence-corrected chi connectivity index (χ3v) is 3.90. The molecule has 0 unspecified atom stereocenters. The highest BCUT2D eigenvalue weighted by Gasteiger charge is 2.14. The number of anilines is 1. The van der Waals surface area contributed by atoms with Gasteiger partial charge in [0.05, 0.1) is 6.54 Å². The summed E-state index contributed by atoms with van der Waals surface area (Å²) < 4.78 is 0. The molecule has 0 radical (unpaired) electrons. The Morgan fingerprint density at radius 2 is 1.71 bits per heavy atom. The average Bonchev–Trinajstić information content (AvgIpc) is 2.52. The zero-order valence-corrected chi connectivity index (χ0v) is 12.2. The van der Waals surface area contributed by atoms with Gasteiger partial charge in [-0.15, -0.1) is 0 Å². The van der Waals surface area contributed by atoms with E-state index in [-0.39, 0.29) is 18.4 Å². The fraction of sp³-hybridized carbons (Fsp3) is 0.500. The smallest absolute Gasteiger partial charge is 0.251 e. The molecule has 0 atom stereocenters. The zero-order valence-electron chi connectivity index (χ0n) is 12.2. The summed E-state index contributed by atoms with van der Waals surface area (Å²) in [7, 11) is 0. The summed E-state index contributed by atoms with van der Waals surface area (Å²) in [4.78, 5) is 23.6. The molecule has 1 aromatic carbocycles. The molecule has 5 nitrogen and oxygen atoms in total. The van der Waals surface area contributed by atoms with E-state index in [1.165, 1.54) is 32.1 Å². The second-order valence-corrected chi connectivity index (χ2v) is 5.61. The third kappa shape index (κ3) is 5.10. The lowest BCUT2D eigenvalue weighted by atomic mass is 9.89. The summed E-state index contributed by atoms with van der Waals surface area (Å²) in [5, 5.41) is 5.51. The largest absolute Gasteiger partial charge is 0.399 e. The van der Waals surface area contributed by atoms with Crippen LogP contribution in [0.5, 0.6) is 0 Å². The van der Waals surface area contributed by atoms with Gasteiger partial charge in [-0.2, -0.15) is 0 Å². The molecular formula is C16H23N3O2. The van der Waals surface area contributed by atoms with E-state index in [2.05, 4.69) is 10.6 Å². The van der Waals surface area contributed by atoms with Crippen molar-refractivity contribution in [3.05, 3.63) is 29.8 Å². The molecule has 0 heterocycles. The van der Waals surface area contributed by atoms with Gasteiger partial charge in [0.25, 0.3) is 5.91 Å². The Morgan fingerprint density at radius 1 is 1.05 bits per heavy atom. The molecule has 1 saturated carbocycles. The Labute approximate surface area is 125 Å². The molecule has 4 N–H and O–H groups in total. The van der Waals surface area contributed by atoms with Crippen molar-refractivity contribution in [1.82, 2.24) is 10.6 Å². The first-order valence-electron chi connectivity index (χ1n) is 7.55. The van der Waals surface area contributed by atoms with Gasteiger partial charge in [0, 0.05) is 17.8 Å². The molecule has 0 bridgehead atoms. The van der Waals surface area contributed by atoms with E-state index < -0.39 is 0 Å². The van der Waals surface area contributed by atoms with Crippen LogP contribution >= 0.6 is 0 Å². The highest BCUT2D eigenvalue weighted by molar-refractivity contribution is 5.96. The zero-order chi connectivity index (χ0) is 15.1. The van der Waals surface area contributed by atoms with Crippen molar-refractivity contribution >= 4 is 17.5 Å². The molecule has 1 aliphatic carbocycles. The number of nitrogen functional groups attached to an aromatic ring is 1. The number of nitrogens with two attached hydrogens (primary N) is 1. The van der Waals surface area contributed by atoms with Crippen LogP contribution in [0.1, 0.15) is 42.5 Å². The molecule has 1 aliphatic rings. The highest BCUT2D eigenvalue weighted by atomic mass is 16.2. The van der Waals surface area contributed by atoms with Crippen molar-refractivity contribution in [2.45, 2.75) is 32.1 Å². The molecule has 114 valence electrons. The molecule has 2 rings (SSSR count). The lowest BCUT2D eigenvalue weighted by molar-refractivity contribution is -0.120. The minimum Gasteiger partial charge on any atom is -0.399 e. The highest BCUT2D eigenvalue weighted by Crippen LogP contribution is 2.22. The average molecular weight is 289 g/mol. The van der Waals surface area contributed by atoms with Gasteiger partial charge in [-0.05, 0) is 43.0 Å². The molecule has 1 fully saturated rings. The second-order valence-electron chi connectivity index (χ2n) is 5.61. The van der Waals surface area contributed by atoms with Crippen LogP contribution in [0.25, 0.3) is 0 Å². The Kier molecular flexibility index (Phi) is 5.60. The molecule has 0 aliphatic heterocycles. The normalized spacial score (nSPS) is 15.4. The third-order valence-electron chi connectivity index (χ3n) is 3.90. The van der Waals surface area contributed by atoms with E-state index in [0.717, 1.165) is 6.54 Å². The Balaban J connectivity index is 1.68. The molecule has 0 aromatic heterocycles. The molecular weight excluding hydrogens is 266 g/mol. The minimum absolute atomic E-state index is 0.00985. The first-order valence-corrected chi connectivity index (χ1v) is 7.55. The molecule has 21 heavy (non-hydrogen) atoms. The Bertz CT molecular complexity index is 479. The first-order chi connectivity index (χ1) is 10.1. The number of carbonyl (C=O) groups excluding carboxylic acids is 2. The fourth-order valence-electron chi connectivity index (χ4n) is 2.61. The number of benzene rings is 1. The minimum atomic E-state index is -0.261. The summed E-state index contributed by atoms with van der Waals surface area (Å²) >= 11 is 0. The SMILES string of the molecule is Nc1ccc(C(=O)NCC(=O)NCC2CCCCC2)cc1. The van der Waals surface area contributed by atoms with E-state index in [4.69, 9.17) is 5.73 Å². The number of hydrogen-bond acceptors (Lipinski definition) is 3. The summed E-state index contributed by atoms with van der Waals surface area (Å²) in [6, 6.07) is 6.62. The van der Waals surface area contributed by atoms with Crippen LogP contribution in [0.3, 0.4) is 0 Å². The van der Waals surface area contributed by atoms with E-state index in [1.54, 1.807) is 24.3 Å². The molecule has 0 saturated heterocycles. The van der Waals surface area contributed by atoms with Crippen LogP contribution < -0.4 is 16.4 Å². The van der Waals surface area contributed by atoms with Crippen molar-refractivity contribution in [1.29, 1.82) is 0 Å². The second kappa shape index (κ2) is 7.67. The van der Waals surface area contributed by atoms with Crippen LogP contribution in [0.15, 0.2) is 24.3 Å². The van der Waals surface area contributed by atoms with Crippen molar-refractivity contribution in [2.24, 2.45) is 5.92 Å². The molecule has 2 amide bonds. The van der Waals surface area contributed by atoms with Gasteiger partial charge in [-0.25, -0.2) is 0 Å². The van der Waals surface area contributed by atoms with Crippen molar-refractivity contribution < 1.29 is 9.59 Å². The van der Waals surface area contributed by atoms with Crippen molar-refractivity contribution in [2.75, 3.05) is 18.8 Å². The van der Waals surface area contributed by atoms with Crippen LogP contribution in [0, 0.1) is 5.92 Å². The lowest BCUT2D eigenvalue weighted by Gasteiger charge is -2.21. The van der Waals surface area contributed by atoms with E-state index in [0.29, 0.717) is 17.2 Å².